The van der Waals surface area contributed by atoms with Crippen molar-refractivity contribution in [3.05, 3.63) is 23.8 Å². The van der Waals surface area contributed by atoms with Crippen LogP contribution in [0.3, 0.4) is 0 Å². The predicted molar refractivity (Wildman–Crippen MR) is 86.3 cm³/mol. The van der Waals surface area contributed by atoms with E-state index in [0.717, 1.165) is 44.1 Å². The fourth-order valence-electron chi connectivity index (χ4n) is 2.22. The van der Waals surface area contributed by atoms with Gasteiger partial charge in [0.1, 0.15) is 0 Å². The number of ether oxygens (including phenoxy) is 3. The quantitative estimate of drug-likeness (QED) is 0.634. The molecular formula is C17H29NO3. The van der Waals surface area contributed by atoms with E-state index in [9.17, 15) is 0 Å². The van der Waals surface area contributed by atoms with Crippen LogP contribution in [0.5, 0.6) is 11.5 Å². The summed E-state index contributed by atoms with van der Waals surface area (Å²) in [4.78, 5) is 0. The lowest BCUT2D eigenvalue weighted by molar-refractivity contribution is 0.130. The van der Waals surface area contributed by atoms with E-state index < -0.39 is 0 Å². The summed E-state index contributed by atoms with van der Waals surface area (Å²) in [5.41, 5.74) is 1.21. The molecule has 0 bridgehead atoms. The Morgan fingerprint density at radius 2 is 1.81 bits per heavy atom. The number of unbranched alkanes of at least 4 members (excludes halogenated alkanes) is 1. The second-order valence-electron chi connectivity index (χ2n) is 5.00. The summed E-state index contributed by atoms with van der Waals surface area (Å²) >= 11 is 0. The maximum absolute atomic E-state index is 5.58. The molecule has 0 aliphatic heterocycles. The Morgan fingerprint density at radius 1 is 1.05 bits per heavy atom. The van der Waals surface area contributed by atoms with Crippen LogP contribution in [0, 0.1) is 0 Å². The van der Waals surface area contributed by atoms with E-state index in [1.165, 1.54) is 12.0 Å². The van der Waals surface area contributed by atoms with Gasteiger partial charge in [-0.3, -0.25) is 0 Å². The minimum atomic E-state index is 0.305. The molecule has 0 amide bonds. The van der Waals surface area contributed by atoms with Gasteiger partial charge in [0.15, 0.2) is 11.5 Å². The maximum atomic E-state index is 5.58. The van der Waals surface area contributed by atoms with E-state index in [2.05, 4.69) is 25.2 Å². The summed E-state index contributed by atoms with van der Waals surface area (Å²) in [6.45, 7) is 6.81. The average molecular weight is 295 g/mol. The molecule has 120 valence electrons. The molecular weight excluding hydrogens is 266 g/mol. The van der Waals surface area contributed by atoms with Crippen LogP contribution >= 0.6 is 0 Å². The zero-order valence-corrected chi connectivity index (χ0v) is 13.8. The van der Waals surface area contributed by atoms with Gasteiger partial charge in [-0.05, 0) is 30.5 Å². The van der Waals surface area contributed by atoms with Gasteiger partial charge in [-0.1, -0.05) is 26.3 Å². The third kappa shape index (κ3) is 5.94. The van der Waals surface area contributed by atoms with Gasteiger partial charge >= 0.3 is 0 Å². The Labute approximate surface area is 128 Å². The Balaban J connectivity index is 2.51. The van der Waals surface area contributed by atoms with Gasteiger partial charge in [-0.15, -0.1) is 0 Å². The molecule has 0 aromatic heterocycles. The first-order valence-electron chi connectivity index (χ1n) is 7.79. The predicted octanol–water partition coefficient (Wildman–Crippen LogP) is 3.56. The summed E-state index contributed by atoms with van der Waals surface area (Å²) in [5, 5.41) is 3.53. The molecule has 1 aromatic carbocycles. The molecule has 1 atom stereocenters. The molecule has 0 spiro atoms. The monoisotopic (exact) mass is 295 g/mol. The van der Waals surface area contributed by atoms with Crippen molar-refractivity contribution in [3.63, 3.8) is 0 Å². The Kier molecular flexibility index (Phi) is 8.87. The zero-order valence-electron chi connectivity index (χ0n) is 13.8. The van der Waals surface area contributed by atoms with Crippen LogP contribution in [0.1, 0.15) is 44.7 Å². The fraction of sp³-hybridized carbons (Fsp3) is 0.647. The van der Waals surface area contributed by atoms with Crippen LogP contribution in [0.25, 0.3) is 0 Å². The number of methoxy groups -OCH3 is 2. The third-order valence-electron chi connectivity index (χ3n) is 3.50. The first kappa shape index (κ1) is 17.8. The molecule has 4 nitrogen and oxygen atoms in total. The molecule has 1 aromatic rings. The topological polar surface area (TPSA) is 39.7 Å². The SMILES string of the molecule is CCCCOCCNC(CC)c1ccc(OC)c(OC)c1. The Bertz CT molecular complexity index is 396. The van der Waals surface area contributed by atoms with Crippen molar-refractivity contribution < 1.29 is 14.2 Å². The molecule has 4 heteroatoms. The van der Waals surface area contributed by atoms with E-state index >= 15 is 0 Å². The van der Waals surface area contributed by atoms with Crippen LogP contribution in [0.15, 0.2) is 18.2 Å². The molecule has 0 fully saturated rings. The molecule has 0 saturated carbocycles. The fourth-order valence-corrected chi connectivity index (χ4v) is 2.22. The minimum Gasteiger partial charge on any atom is -0.493 e. The summed E-state index contributed by atoms with van der Waals surface area (Å²) < 4.78 is 16.2. The van der Waals surface area contributed by atoms with Gasteiger partial charge in [0.25, 0.3) is 0 Å². The van der Waals surface area contributed by atoms with Crippen molar-refractivity contribution in [2.45, 2.75) is 39.2 Å². The first-order valence-corrected chi connectivity index (χ1v) is 7.79. The first-order chi connectivity index (χ1) is 10.3. The lowest BCUT2D eigenvalue weighted by Gasteiger charge is -2.19. The zero-order chi connectivity index (χ0) is 15.5. The van der Waals surface area contributed by atoms with E-state index in [4.69, 9.17) is 14.2 Å². The number of nitrogens with one attached hydrogen (secondary N) is 1. The lowest BCUT2D eigenvalue weighted by atomic mass is 10.0. The van der Waals surface area contributed by atoms with Crippen molar-refractivity contribution in [2.24, 2.45) is 0 Å². The molecule has 21 heavy (non-hydrogen) atoms. The second kappa shape index (κ2) is 10.5. The summed E-state index contributed by atoms with van der Waals surface area (Å²) in [6.07, 6.45) is 3.33. The van der Waals surface area contributed by atoms with Crippen molar-refractivity contribution in [2.75, 3.05) is 34.0 Å². The van der Waals surface area contributed by atoms with Gasteiger partial charge in [0.2, 0.25) is 0 Å². The second-order valence-corrected chi connectivity index (χ2v) is 5.00. The van der Waals surface area contributed by atoms with Crippen LogP contribution < -0.4 is 14.8 Å². The number of benzene rings is 1. The third-order valence-corrected chi connectivity index (χ3v) is 3.50. The van der Waals surface area contributed by atoms with E-state index in [-0.39, 0.29) is 0 Å². The number of rotatable bonds is 11. The minimum absolute atomic E-state index is 0.305. The maximum Gasteiger partial charge on any atom is 0.161 e. The molecule has 1 unspecified atom stereocenters. The summed E-state index contributed by atoms with van der Waals surface area (Å²) in [5.74, 6) is 1.54. The van der Waals surface area contributed by atoms with Crippen molar-refractivity contribution in [1.82, 2.24) is 5.32 Å². The molecule has 0 aliphatic rings. The molecule has 0 saturated heterocycles. The van der Waals surface area contributed by atoms with E-state index in [0.29, 0.717) is 6.04 Å². The smallest absolute Gasteiger partial charge is 0.161 e. The molecule has 0 radical (unpaired) electrons. The van der Waals surface area contributed by atoms with Crippen molar-refractivity contribution in [1.29, 1.82) is 0 Å². The summed E-state index contributed by atoms with van der Waals surface area (Å²) in [7, 11) is 3.32. The van der Waals surface area contributed by atoms with Gasteiger partial charge in [0.05, 0.1) is 20.8 Å². The van der Waals surface area contributed by atoms with Gasteiger partial charge in [-0.25, -0.2) is 0 Å². The molecule has 0 heterocycles. The van der Waals surface area contributed by atoms with Crippen LogP contribution in [0.2, 0.25) is 0 Å². The van der Waals surface area contributed by atoms with Gasteiger partial charge in [0, 0.05) is 19.2 Å². The molecule has 1 rings (SSSR count). The van der Waals surface area contributed by atoms with E-state index in [1.807, 2.05) is 12.1 Å². The lowest BCUT2D eigenvalue weighted by Crippen LogP contribution is -2.25. The van der Waals surface area contributed by atoms with E-state index in [1.54, 1.807) is 14.2 Å². The van der Waals surface area contributed by atoms with Crippen molar-refractivity contribution >= 4 is 0 Å². The average Bonchev–Trinajstić information content (AvgIpc) is 2.53. The Morgan fingerprint density at radius 3 is 2.43 bits per heavy atom. The highest BCUT2D eigenvalue weighted by atomic mass is 16.5. The molecule has 0 aliphatic carbocycles. The van der Waals surface area contributed by atoms with Gasteiger partial charge < -0.3 is 19.5 Å². The van der Waals surface area contributed by atoms with Crippen LogP contribution in [-0.4, -0.2) is 34.0 Å². The standard InChI is InChI=1S/C17H29NO3/c1-5-7-11-21-12-10-18-15(6-2)14-8-9-16(19-3)17(13-14)20-4/h8-9,13,15,18H,5-7,10-12H2,1-4H3. The normalized spacial score (nSPS) is 12.2. The largest absolute Gasteiger partial charge is 0.493 e. The number of hydrogen-bond donors (Lipinski definition) is 1. The summed E-state index contributed by atoms with van der Waals surface area (Å²) in [6, 6.07) is 6.38. The van der Waals surface area contributed by atoms with Gasteiger partial charge in [-0.2, -0.15) is 0 Å². The molecule has 1 N–H and O–H groups in total. The Hall–Kier alpha value is -1.26. The van der Waals surface area contributed by atoms with Crippen molar-refractivity contribution in [3.8, 4) is 11.5 Å². The number of hydrogen-bond acceptors (Lipinski definition) is 4. The highest BCUT2D eigenvalue weighted by Gasteiger charge is 2.12. The highest BCUT2D eigenvalue weighted by Crippen LogP contribution is 2.30. The van der Waals surface area contributed by atoms with Crippen LogP contribution in [0.4, 0.5) is 0 Å². The van der Waals surface area contributed by atoms with Crippen LogP contribution in [-0.2, 0) is 4.74 Å². The highest BCUT2D eigenvalue weighted by molar-refractivity contribution is 5.43.